The highest BCUT2D eigenvalue weighted by Gasteiger charge is 2.12. The number of nitrogens with zero attached hydrogens (tertiary/aromatic N) is 2. The summed E-state index contributed by atoms with van der Waals surface area (Å²) in [5.74, 6) is 0.529. The predicted octanol–water partition coefficient (Wildman–Crippen LogP) is 1.06. The average Bonchev–Trinajstić information content (AvgIpc) is 2.36. The molecule has 0 saturated carbocycles. The predicted molar refractivity (Wildman–Crippen MR) is 71.8 cm³/mol. The van der Waals surface area contributed by atoms with Gasteiger partial charge < -0.3 is 15.3 Å². The monoisotopic (exact) mass is 271 g/mol. The van der Waals surface area contributed by atoms with Gasteiger partial charge in [-0.05, 0) is 18.6 Å². The van der Waals surface area contributed by atoms with Crippen molar-refractivity contribution in [2.75, 3.05) is 25.1 Å². The second kappa shape index (κ2) is 7.18. The molecule has 6 heteroatoms. The van der Waals surface area contributed by atoms with Crippen LogP contribution in [0.5, 0.6) is 0 Å². The Kier molecular flexibility index (Phi) is 5.88. The zero-order valence-corrected chi connectivity index (χ0v) is 11.3. The zero-order chi connectivity index (χ0) is 13.5. The lowest BCUT2D eigenvalue weighted by Crippen LogP contribution is -2.42. The summed E-state index contributed by atoms with van der Waals surface area (Å²) in [4.78, 5) is 17.5. The first-order valence-electron chi connectivity index (χ1n) is 5.79. The highest BCUT2D eigenvalue weighted by Crippen LogP contribution is 2.12. The number of aliphatic hydroxyl groups is 1. The van der Waals surface area contributed by atoms with Crippen molar-refractivity contribution in [1.29, 1.82) is 0 Å². The van der Waals surface area contributed by atoms with Crippen LogP contribution in [-0.4, -0.2) is 42.2 Å². The van der Waals surface area contributed by atoms with Crippen molar-refractivity contribution in [3.8, 4) is 0 Å². The number of pyridine rings is 1. The molecule has 1 atom stereocenters. The van der Waals surface area contributed by atoms with Crippen LogP contribution in [-0.2, 0) is 4.79 Å². The molecule has 0 aromatic carbocycles. The molecule has 2 N–H and O–H groups in total. The van der Waals surface area contributed by atoms with Crippen molar-refractivity contribution in [3.63, 3.8) is 0 Å². The van der Waals surface area contributed by atoms with Crippen molar-refractivity contribution in [2.45, 2.75) is 19.4 Å². The van der Waals surface area contributed by atoms with E-state index in [0.29, 0.717) is 17.3 Å². The fourth-order valence-electron chi connectivity index (χ4n) is 1.44. The first-order valence-corrected chi connectivity index (χ1v) is 6.17. The SMILES string of the molecule is CC[C@@H](CO)NC(=O)CN(C)c1ccc(Cl)cn1. The lowest BCUT2D eigenvalue weighted by Gasteiger charge is -2.20. The molecule has 1 heterocycles. The Labute approximate surface area is 112 Å². The van der Waals surface area contributed by atoms with E-state index in [-0.39, 0.29) is 25.1 Å². The zero-order valence-electron chi connectivity index (χ0n) is 10.6. The number of aromatic nitrogens is 1. The summed E-state index contributed by atoms with van der Waals surface area (Å²) >= 11 is 5.74. The standard InChI is InChI=1S/C12H18ClN3O2/c1-3-10(8-17)15-12(18)7-16(2)11-5-4-9(13)6-14-11/h4-6,10,17H,3,7-8H2,1-2H3,(H,15,18)/t10-/m0/s1. The van der Waals surface area contributed by atoms with Gasteiger partial charge in [-0.1, -0.05) is 18.5 Å². The molecule has 1 aromatic rings. The van der Waals surface area contributed by atoms with Crippen LogP contribution < -0.4 is 10.2 Å². The molecular formula is C12H18ClN3O2. The van der Waals surface area contributed by atoms with E-state index in [2.05, 4.69) is 10.3 Å². The molecular weight excluding hydrogens is 254 g/mol. The molecule has 0 aliphatic carbocycles. The maximum atomic E-state index is 11.7. The van der Waals surface area contributed by atoms with E-state index < -0.39 is 0 Å². The summed E-state index contributed by atoms with van der Waals surface area (Å²) in [6.07, 6.45) is 2.24. The molecule has 0 saturated heterocycles. The molecule has 0 radical (unpaired) electrons. The Morgan fingerprint density at radius 3 is 2.83 bits per heavy atom. The minimum Gasteiger partial charge on any atom is -0.394 e. The molecule has 0 aliphatic heterocycles. The van der Waals surface area contributed by atoms with E-state index in [1.54, 1.807) is 24.1 Å². The van der Waals surface area contributed by atoms with Gasteiger partial charge >= 0.3 is 0 Å². The first-order chi connectivity index (χ1) is 8.56. The Morgan fingerprint density at radius 2 is 2.33 bits per heavy atom. The van der Waals surface area contributed by atoms with E-state index >= 15 is 0 Å². The topological polar surface area (TPSA) is 65.5 Å². The molecule has 0 aliphatic rings. The molecule has 0 spiro atoms. The maximum Gasteiger partial charge on any atom is 0.239 e. The third-order valence-corrected chi connectivity index (χ3v) is 2.79. The van der Waals surface area contributed by atoms with Gasteiger partial charge in [-0.3, -0.25) is 4.79 Å². The van der Waals surface area contributed by atoms with Gasteiger partial charge in [-0.25, -0.2) is 4.98 Å². The molecule has 0 fully saturated rings. The van der Waals surface area contributed by atoms with Crippen LogP contribution >= 0.6 is 11.6 Å². The Hall–Kier alpha value is -1.33. The van der Waals surface area contributed by atoms with Gasteiger partial charge in [0.15, 0.2) is 0 Å². The molecule has 0 unspecified atom stereocenters. The molecule has 5 nitrogen and oxygen atoms in total. The molecule has 0 bridgehead atoms. The average molecular weight is 272 g/mol. The van der Waals surface area contributed by atoms with Gasteiger partial charge in [0.2, 0.25) is 5.91 Å². The van der Waals surface area contributed by atoms with Crippen LogP contribution in [0.2, 0.25) is 5.02 Å². The highest BCUT2D eigenvalue weighted by atomic mass is 35.5. The normalized spacial score (nSPS) is 12.0. The van der Waals surface area contributed by atoms with E-state index in [1.165, 1.54) is 6.20 Å². The minimum absolute atomic E-state index is 0.0504. The number of aliphatic hydroxyl groups excluding tert-OH is 1. The summed E-state index contributed by atoms with van der Waals surface area (Å²) in [5.41, 5.74) is 0. The van der Waals surface area contributed by atoms with Gasteiger partial charge in [0.1, 0.15) is 5.82 Å². The highest BCUT2D eigenvalue weighted by molar-refractivity contribution is 6.30. The Balaban J connectivity index is 2.51. The van der Waals surface area contributed by atoms with Crippen molar-refractivity contribution in [2.24, 2.45) is 0 Å². The number of nitrogens with one attached hydrogen (secondary N) is 1. The fraction of sp³-hybridized carbons (Fsp3) is 0.500. The number of halogens is 1. The van der Waals surface area contributed by atoms with Crippen molar-refractivity contribution in [1.82, 2.24) is 10.3 Å². The number of hydrogen-bond acceptors (Lipinski definition) is 4. The third kappa shape index (κ3) is 4.50. The maximum absolute atomic E-state index is 11.7. The van der Waals surface area contributed by atoms with Gasteiger partial charge in [0.05, 0.1) is 24.2 Å². The second-order valence-corrected chi connectivity index (χ2v) is 4.48. The molecule has 18 heavy (non-hydrogen) atoms. The number of carbonyl (C=O) groups excluding carboxylic acids is 1. The molecule has 1 rings (SSSR count). The number of likely N-dealkylation sites (N-methyl/N-ethyl adjacent to an activating group) is 1. The fourth-order valence-corrected chi connectivity index (χ4v) is 1.55. The largest absolute Gasteiger partial charge is 0.394 e. The van der Waals surface area contributed by atoms with Crippen molar-refractivity contribution >= 4 is 23.3 Å². The molecule has 100 valence electrons. The van der Waals surface area contributed by atoms with E-state index in [9.17, 15) is 4.79 Å². The summed E-state index contributed by atoms with van der Waals surface area (Å²) in [5, 5.41) is 12.3. The number of anilines is 1. The smallest absolute Gasteiger partial charge is 0.239 e. The van der Waals surface area contributed by atoms with Gasteiger partial charge in [0, 0.05) is 13.2 Å². The van der Waals surface area contributed by atoms with E-state index in [1.807, 2.05) is 6.92 Å². The summed E-state index contributed by atoms with van der Waals surface area (Å²) in [7, 11) is 1.77. The number of rotatable bonds is 6. The van der Waals surface area contributed by atoms with Gasteiger partial charge in [-0.2, -0.15) is 0 Å². The summed E-state index contributed by atoms with van der Waals surface area (Å²) < 4.78 is 0. The molecule has 1 amide bonds. The van der Waals surface area contributed by atoms with Gasteiger partial charge in [0.25, 0.3) is 0 Å². The Morgan fingerprint density at radius 1 is 1.61 bits per heavy atom. The Bertz CT molecular complexity index is 379. The minimum atomic E-state index is -0.191. The van der Waals surface area contributed by atoms with Crippen LogP contribution in [0.4, 0.5) is 5.82 Å². The number of hydrogen-bond donors (Lipinski definition) is 2. The molecule has 1 aromatic heterocycles. The first kappa shape index (κ1) is 14.7. The van der Waals surface area contributed by atoms with Crippen LogP contribution in [0, 0.1) is 0 Å². The van der Waals surface area contributed by atoms with Crippen LogP contribution in [0.1, 0.15) is 13.3 Å². The van der Waals surface area contributed by atoms with Gasteiger partial charge in [-0.15, -0.1) is 0 Å². The van der Waals surface area contributed by atoms with E-state index in [4.69, 9.17) is 16.7 Å². The van der Waals surface area contributed by atoms with E-state index in [0.717, 1.165) is 0 Å². The quantitative estimate of drug-likeness (QED) is 0.812. The van der Waals surface area contributed by atoms with Crippen LogP contribution in [0.3, 0.4) is 0 Å². The van der Waals surface area contributed by atoms with Crippen LogP contribution in [0.25, 0.3) is 0 Å². The van der Waals surface area contributed by atoms with Crippen molar-refractivity contribution < 1.29 is 9.90 Å². The number of carbonyl (C=O) groups is 1. The second-order valence-electron chi connectivity index (χ2n) is 4.05. The summed E-state index contributed by atoms with van der Waals surface area (Å²) in [6.45, 7) is 2.04. The number of amides is 1. The third-order valence-electron chi connectivity index (χ3n) is 2.56. The lowest BCUT2D eigenvalue weighted by molar-refractivity contribution is -0.120. The lowest BCUT2D eigenvalue weighted by atomic mass is 10.2. The summed E-state index contributed by atoms with van der Waals surface area (Å²) in [6, 6.07) is 3.28. The van der Waals surface area contributed by atoms with Crippen LogP contribution in [0.15, 0.2) is 18.3 Å². The van der Waals surface area contributed by atoms with Crippen molar-refractivity contribution in [3.05, 3.63) is 23.4 Å².